The number of ketones is 2. The van der Waals surface area contributed by atoms with Crippen molar-refractivity contribution in [3.63, 3.8) is 0 Å². The summed E-state index contributed by atoms with van der Waals surface area (Å²) in [6.07, 6.45) is 1.08. The fraction of sp³-hybridized carbons (Fsp3) is 0.0909. The van der Waals surface area contributed by atoms with Gasteiger partial charge in [0.05, 0.1) is 5.70 Å². The Balaban J connectivity index is 2.69. The van der Waals surface area contributed by atoms with Crippen LogP contribution in [-0.4, -0.2) is 11.6 Å². The normalized spacial score (nSPS) is 13.9. The number of Topliss-reactive ketones (excluding diaryl/α,β-unsaturated/α-hetero) is 1. The second-order valence-corrected chi connectivity index (χ2v) is 3.41. The monoisotopic (exact) mass is 213 g/mol. The van der Waals surface area contributed by atoms with Gasteiger partial charge in [0.15, 0.2) is 11.6 Å². The Kier molecular flexibility index (Phi) is 2.31. The number of azide groups is 1. The van der Waals surface area contributed by atoms with E-state index in [2.05, 4.69) is 10.0 Å². The van der Waals surface area contributed by atoms with Gasteiger partial charge in [0.2, 0.25) is 0 Å². The minimum atomic E-state index is -0.406. The van der Waals surface area contributed by atoms with E-state index < -0.39 is 5.78 Å². The molecule has 0 unspecified atom stereocenters. The summed E-state index contributed by atoms with van der Waals surface area (Å²) < 4.78 is 0. The SMILES string of the molecule is Cc1cccc2c1C(=O)C=C(N=[N+]=[N-])C2=O. The lowest BCUT2D eigenvalue weighted by Gasteiger charge is -2.13. The van der Waals surface area contributed by atoms with Crippen LogP contribution in [0.1, 0.15) is 26.3 Å². The smallest absolute Gasteiger partial charge is 0.196 e. The fourth-order valence-electron chi connectivity index (χ4n) is 1.71. The van der Waals surface area contributed by atoms with Gasteiger partial charge in [-0.25, -0.2) is 0 Å². The van der Waals surface area contributed by atoms with Gasteiger partial charge in [-0.2, -0.15) is 0 Å². The summed E-state index contributed by atoms with van der Waals surface area (Å²) in [7, 11) is 0. The average Bonchev–Trinajstić information content (AvgIpc) is 2.25. The van der Waals surface area contributed by atoms with E-state index in [0.717, 1.165) is 11.6 Å². The molecular weight excluding hydrogens is 206 g/mol. The Morgan fingerprint density at radius 1 is 1.31 bits per heavy atom. The highest BCUT2D eigenvalue weighted by Crippen LogP contribution is 2.24. The molecule has 1 aliphatic carbocycles. The lowest BCUT2D eigenvalue weighted by Crippen LogP contribution is -2.17. The molecule has 1 aliphatic rings. The summed E-state index contributed by atoms with van der Waals surface area (Å²) in [6.45, 7) is 1.76. The molecule has 0 heterocycles. The molecule has 78 valence electrons. The lowest BCUT2D eigenvalue weighted by molar-refractivity contribution is 0.0982. The lowest BCUT2D eigenvalue weighted by atomic mass is 9.90. The molecular formula is C11H7N3O2. The third-order valence-electron chi connectivity index (χ3n) is 2.42. The van der Waals surface area contributed by atoms with Gasteiger partial charge in [-0.05, 0) is 24.1 Å². The zero-order valence-electron chi connectivity index (χ0n) is 8.47. The van der Waals surface area contributed by atoms with E-state index in [9.17, 15) is 9.59 Å². The van der Waals surface area contributed by atoms with Crippen molar-refractivity contribution in [2.45, 2.75) is 6.92 Å². The van der Waals surface area contributed by atoms with E-state index in [1.165, 1.54) is 0 Å². The van der Waals surface area contributed by atoms with Crippen molar-refractivity contribution in [1.29, 1.82) is 0 Å². The topological polar surface area (TPSA) is 82.9 Å². The van der Waals surface area contributed by atoms with Gasteiger partial charge < -0.3 is 0 Å². The predicted molar refractivity (Wildman–Crippen MR) is 57.1 cm³/mol. The zero-order valence-corrected chi connectivity index (χ0v) is 8.47. The third kappa shape index (κ3) is 1.39. The molecule has 1 aromatic carbocycles. The van der Waals surface area contributed by atoms with Crippen molar-refractivity contribution in [2.75, 3.05) is 0 Å². The summed E-state index contributed by atoms with van der Waals surface area (Å²) >= 11 is 0. The highest BCUT2D eigenvalue weighted by atomic mass is 16.1. The number of aryl methyl sites for hydroxylation is 1. The molecule has 0 spiro atoms. The molecule has 0 atom stereocenters. The first-order valence-electron chi connectivity index (χ1n) is 4.60. The van der Waals surface area contributed by atoms with Gasteiger partial charge in [0, 0.05) is 16.0 Å². The van der Waals surface area contributed by atoms with E-state index in [4.69, 9.17) is 5.53 Å². The largest absolute Gasteiger partial charge is 0.289 e. The third-order valence-corrected chi connectivity index (χ3v) is 2.42. The fourth-order valence-corrected chi connectivity index (χ4v) is 1.71. The Bertz CT molecular complexity index is 581. The molecule has 0 aliphatic heterocycles. The maximum atomic E-state index is 11.8. The number of rotatable bonds is 1. The van der Waals surface area contributed by atoms with Crippen molar-refractivity contribution >= 4 is 11.6 Å². The Hall–Kier alpha value is -2.39. The van der Waals surface area contributed by atoms with E-state index in [1.54, 1.807) is 25.1 Å². The highest BCUT2D eigenvalue weighted by molar-refractivity contribution is 6.24. The first-order valence-corrected chi connectivity index (χ1v) is 4.60. The van der Waals surface area contributed by atoms with Crippen LogP contribution in [0.2, 0.25) is 0 Å². The molecule has 0 amide bonds. The number of carbonyl (C=O) groups is 2. The van der Waals surface area contributed by atoms with Crippen molar-refractivity contribution in [1.82, 2.24) is 0 Å². The minimum Gasteiger partial charge on any atom is -0.289 e. The molecule has 0 radical (unpaired) electrons. The molecule has 0 saturated heterocycles. The molecule has 5 heteroatoms. The quantitative estimate of drug-likeness (QED) is 0.408. The number of fused-ring (bicyclic) bond motifs is 1. The zero-order chi connectivity index (χ0) is 11.7. The van der Waals surface area contributed by atoms with Gasteiger partial charge in [0.25, 0.3) is 0 Å². The molecule has 0 N–H and O–H groups in total. The number of benzene rings is 1. The number of carbonyl (C=O) groups excluding carboxylic acids is 2. The molecule has 0 saturated carbocycles. The van der Waals surface area contributed by atoms with Crippen molar-refractivity contribution < 1.29 is 9.59 Å². The molecule has 1 aromatic rings. The second kappa shape index (κ2) is 3.64. The molecule has 0 fully saturated rings. The van der Waals surface area contributed by atoms with Crippen LogP contribution < -0.4 is 0 Å². The maximum Gasteiger partial charge on any atom is 0.196 e. The van der Waals surface area contributed by atoms with Gasteiger partial charge in [-0.3, -0.25) is 9.59 Å². The van der Waals surface area contributed by atoms with Crippen LogP contribution in [-0.2, 0) is 0 Å². The van der Waals surface area contributed by atoms with Crippen LogP contribution in [0, 0.1) is 6.92 Å². The molecule has 0 bridgehead atoms. The minimum absolute atomic E-state index is 0.148. The van der Waals surface area contributed by atoms with Gasteiger partial charge >= 0.3 is 0 Å². The predicted octanol–water partition coefficient (Wildman–Crippen LogP) is 2.57. The number of nitrogens with zero attached hydrogens (tertiary/aromatic N) is 3. The summed E-state index contributed by atoms with van der Waals surface area (Å²) in [5.41, 5.74) is 9.57. The van der Waals surface area contributed by atoms with Crippen LogP contribution in [0.4, 0.5) is 0 Å². The van der Waals surface area contributed by atoms with E-state index >= 15 is 0 Å². The van der Waals surface area contributed by atoms with Crippen molar-refractivity contribution in [3.05, 3.63) is 57.1 Å². The summed E-state index contributed by atoms with van der Waals surface area (Å²) in [5, 5.41) is 3.21. The van der Waals surface area contributed by atoms with Crippen molar-refractivity contribution in [2.24, 2.45) is 5.11 Å². The summed E-state index contributed by atoms with van der Waals surface area (Å²) in [6, 6.07) is 5.01. The first-order chi connectivity index (χ1) is 7.65. The van der Waals surface area contributed by atoms with Crippen LogP contribution >= 0.6 is 0 Å². The van der Waals surface area contributed by atoms with Gasteiger partial charge in [-0.1, -0.05) is 23.3 Å². The molecule has 0 aromatic heterocycles. The van der Waals surface area contributed by atoms with Gasteiger partial charge in [0.1, 0.15) is 0 Å². The van der Waals surface area contributed by atoms with E-state index in [0.29, 0.717) is 11.1 Å². The highest BCUT2D eigenvalue weighted by Gasteiger charge is 2.25. The first kappa shape index (κ1) is 10.1. The molecule has 2 rings (SSSR count). The van der Waals surface area contributed by atoms with Crippen LogP contribution in [0.5, 0.6) is 0 Å². The number of allylic oxidation sites excluding steroid dienone is 2. The summed E-state index contributed by atoms with van der Waals surface area (Å²) in [5.74, 6) is -0.703. The molecule has 5 nitrogen and oxygen atoms in total. The van der Waals surface area contributed by atoms with Crippen LogP contribution in [0.25, 0.3) is 10.4 Å². The number of hydrogen-bond donors (Lipinski definition) is 0. The Morgan fingerprint density at radius 3 is 2.75 bits per heavy atom. The number of hydrogen-bond acceptors (Lipinski definition) is 3. The van der Waals surface area contributed by atoms with E-state index in [1.807, 2.05) is 0 Å². The van der Waals surface area contributed by atoms with Crippen molar-refractivity contribution in [3.8, 4) is 0 Å². The summed E-state index contributed by atoms with van der Waals surface area (Å²) in [4.78, 5) is 26.1. The maximum absolute atomic E-state index is 11.8. The second-order valence-electron chi connectivity index (χ2n) is 3.41. The Labute approximate surface area is 91.0 Å². The van der Waals surface area contributed by atoms with Gasteiger partial charge in [-0.15, -0.1) is 0 Å². The van der Waals surface area contributed by atoms with E-state index in [-0.39, 0.29) is 11.5 Å². The Morgan fingerprint density at radius 2 is 2.06 bits per heavy atom. The standard InChI is InChI=1S/C11H7N3O2/c1-6-3-2-4-7-10(6)9(15)5-8(11(7)16)13-14-12/h2-5H,1H3. The average molecular weight is 213 g/mol. The van der Waals surface area contributed by atoms with Crippen LogP contribution in [0.15, 0.2) is 35.1 Å². The molecule has 16 heavy (non-hydrogen) atoms. The van der Waals surface area contributed by atoms with Crippen LogP contribution in [0.3, 0.4) is 0 Å².